The van der Waals surface area contributed by atoms with Gasteiger partial charge in [0.2, 0.25) is 10.0 Å². The summed E-state index contributed by atoms with van der Waals surface area (Å²) >= 11 is 5.79. The molecule has 2 aromatic rings. The molecule has 2 fully saturated rings. The highest BCUT2D eigenvalue weighted by molar-refractivity contribution is 7.89. The van der Waals surface area contributed by atoms with E-state index in [2.05, 4.69) is 10.0 Å². The smallest absolute Gasteiger partial charge is 0.416 e. The van der Waals surface area contributed by atoms with Crippen LogP contribution in [0.1, 0.15) is 5.56 Å². The van der Waals surface area contributed by atoms with Gasteiger partial charge in [0.05, 0.1) is 29.7 Å². The number of benzene rings is 2. The zero-order valence-corrected chi connectivity index (χ0v) is 18.3. The summed E-state index contributed by atoms with van der Waals surface area (Å²) in [7, 11) is -3.88. The number of carbonyl (C=O) groups excluding carboxylic acids is 1. The number of sulfonamides is 1. The first kappa shape index (κ1) is 23.8. The number of hydrogen-bond acceptors (Lipinski definition) is 6. The van der Waals surface area contributed by atoms with Gasteiger partial charge < -0.3 is 14.2 Å². The van der Waals surface area contributed by atoms with Gasteiger partial charge in [0.15, 0.2) is 6.10 Å². The van der Waals surface area contributed by atoms with Gasteiger partial charge in [0.1, 0.15) is 12.2 Å². The highest BCUT2D eigenvalue weighted by Gasteiger charge is 2.50. The Morgan fingerprint density at radius 2 is 1.76 bits per heavy atom. The fraction of sp³-hybridized carbons (Fsp3) is 0.350. The second-order valence-electron chi connectivity index (χ2n) is 7.42. The second-order valence-corrected chi connectivity index (χ2v) is 9.58. The third kappa shape index (κ3) is 5.41. The van der Waals surface area contributed by atoms with Gasteiger partial charge in [-0.25, -0.2) is 17.9 Å². The van der Waals surface area contributed by atoms with E-state index in [1.54, 1.807) is 0 Å². The van der Waals surface area contributed by atoms with Gasteiger partial charge in [0.25, 0.3) is 0 Å². The molecule has 0 bridgehead atoms. The number of nitrogens with one attached hydrogen (secondary N) is 2. The summed E-state index contributed by atoms with van der Waals surface area (Å²) in [6.45, 7) is -0.0816. The minimum atomic E-state index is -4.56. The fourth-order valence-electron chi connectivity index (χ4n) is 3.61. The van der Waals surface area contributed by atoms with Crippen molar-refractivity contribution in [2.24, 2.45) is 0 Å². The number of ether oxygens (including phenoxy) is 3. The highest BCUT2D eigenvalue weighted by Crippen LogP contribution is 2.32. The summed E-state index contributed by atoms with van der Waals surface area (Å²) in [6.07, 6.45) is -7.86. The highest BCUT2D eigenvalue weighted by atomic mass is 35.5. The van der Waals surface area contributed by atoms with Crippen LogP contribution in [0.5, 0.6) is 0 Å². The van der Waals surface area contributed by atoms with E-state index in [0.717, 1.165) is 18.2 Å². The van der Waals surface area contributed by atoms with Gasteiger partial charge in [-0.2, -0.15) is 13.2 Å². The van der Waals surface area contributed by atoms with E-state index < -0.39 is 52.2 Å². The molecule has 2 aliphatic heterocycles. The molecule has 2 aromatic carbocycles. The maximum Gasteiger partial charge on any atom is 0.416 e. The number of fused-ring (bicyclic) bond motifs is 1. The molecule has 0 saturated carbocycles. The van der Waals surface area contributed by atoms with Crippen LogP contribution in [0.4, 0.5) is 23.7 Å². The second kappa shape index (κ2) is 9.11. The Morgan fingerprint density at radius 1 is 1.06 bits per heavy atom. The predicted octanol–water partition coefficient (Wildman–Crippen LogP) is 3.42. The van der Waals surface area contributed by atoms with Crippen molar-refractivity contribution < 1.29 is 40.6 Å². The number of hydrogen-bond donors (Lipinski definition) is 2. The SMILES string of the molecule is O=C(Nc1cccc(C(F)(F)F)c1)O[C@@H]1CO[C@H]2[C@@H]1OC[C@@H]2NS(=O)(=O)c1ccc(Cl)cc1. The van der Waals surface area contributed by atoms with Crippen LogP contribution >= 0.6 is 11.6 Å². The van der Waals surface area contributed by atoms with Crippen LogP contribution in [0.15, 0.2) is 53.4 Å². The molecule has 4 rings (SSSR count). The summed E-state index contributed by atoms with van der Waals surface area (Å²) in [5.41, 5.74) is -1.01. The molecule has 2 N–H and O–H groups in total. The Balaban J connectivity index is 1.35. The van der Waals surface area contributed by atoms with Crippen LogP contribution < -0.4 is 10.0 Å². The predicted molar refractivity (Wildman–Crippen MR) is 110 cm³/mol. The molecule has 1 amide bonds. The van der Waals surface area contributed by atoms with Crippen molar-refractivity contribution in [1.29, 1.82) is 0 Å². The zero-order valence-electron chi connectivity index (χ0n) is 16.7. The van der Waals surface area contributed by atoms with Crippen LogP contribution in [-0.4, -0.2) is 52.1 Å². The largest absolute Gasteiger partial charge is 0.441 e. The van der Waals surface area contributed by atoms with E-state index in [-0.39, 0.29) is 23.8 Å². The van der Waals surface area contributed by atoms with Gasteiger partial charge in [-0.3, -0.25) is 5.32 Å². The Bertz CT molecular complexity index is 1130. The van der Waals surface area contributed by atoms with Gasteiger partial charge in [0, 0.05) is 10.7 Å². The summed E-state index contributed by atoms with van der Waals surface area (Å²) in [5, 5.41) is 2.63. The molecule has 0 spiro atoms. The fourth-order valence-corrected chi connectivity index (χ4v) is 4.96. The molecule has 178 valence electrons. The Labute approximate surface area is 192 Å². The van der Waals surface area contributed by atoms with Crippen LogP contribution in [-0.2, 0) is 30.4 Å². The lowest BCUT2D eigenvalue weighted by Crippen LogP contribution is -2.44. The maximum absolute atomic E-state index is 12.8. The van der Waals surface area contributed by atoms with Gasteiger partial charge in [-0.15, -0.1) is 0 Å². The van der Waals surface area contributed by atoms with Crippen LogP contribution in [0.25, 0.3) is 0 Å². The molecule has 8 nitrogen and oxygen atoms in total. The van der Waals surface area contributed by atoms with E-state index in [0.29, 0.717) is 5.02 Å². The minimum Gasteiger partial charge on any atom is -0.441 e. The molecule has 2 saturated heterocycles. The van der Waals surface area contributed by atoms with E-state index in [4.69, 9.17) is 25.8 Å². The van der Waals surface area contributed by atoms with Crippen molar-refractivity contribution in [3.63, 3.8) is 0 Å². The lowest BCUT2D eigenvalue weighted by molar-refractivity contribution is -0.137. The van der Waals surface area contributed by atoms with E-state index in [1.165, 1.54) is 30.3 Å². The number of alkyl halides is 3. The topological polar surface area (TPSA) is 103 Å². The van der Waals surface area contributed by atoms with Crippen LogP contribution in [0.3, 0.4) is 0 Å². The summed E-state index contributed by atoms with van der Waals surface area (Å²) in [5.74, 6) is 0. The molecular weight excluding hydrogens is 489 g/mol. The van der Waals surface area contributed by atoms with Crippen molar-refractivity contribution in [3.8, 4) is 0 Å². The van der Waals surface area contributed by atoms with E-state index in [1.807, 2.05) is 0 Å². The monoisotopic (exact) mass is 506 g/mol. The third-order valence-electron chi connectivity index (χ3n) is 5.13. The minimum absolute atomic E-state index is 0.0154. The molecule has 0 aliphatic carbocycles. The zero-order chi connectivity index (χ0) is 23.8. The molecule has 0 aromatic heterocycles. The molecule has 4 atom stereocenters. The number of amides is 1. The van der Waals surface area contributed by atoms with E-state index in [9.17, 15) is 26.4 Å². The van der Waals surface area contributed by atoms with Gasteiger partial charge in [-0.05, 0) is 42.5 Å². The third-order valence-corrected chi connectivity index (χ3v) is 6.89. The normalized spacial score (nSPS) is 25.0. The number of anilines is 1. The molecule has 0 unspecified atom stereocenters. The van der Waals surface area contributed by atoms with Crippen molar-refractivity contribution in [3.05, 3.63) is 59.1 Å². The average molecular weight is 507 g/mol. The van der Waals surface area contributed by atoms with Gasteiger partial charge in [-0.1, -0.05) is 17.7 Å². The number of carbonyl (C=O) groups is 1. The summed E-state index contributed by atoms with van der Waals surface area (Å²) in [6, 6.07) is 8.99. The molecule has 0 radical (unpaired) electrons. The number of rotatable bonds is 5. The van der Waals surface area contributed by atoms with Crippen LogP contribution in [0.2, 0.25) is 5.02 Å². The first-order chi connectivity index (χ1) is 15.5. The average Bonchev–Trinajstić information content (AvgIpc) is 3.31. The maximum atomic E-state index is 12.8. The molecular formula is C20H18ClF3N2O6S. The Kier molecular flexibility index (Phi) is 6.56. The lowest BCUT2D eigenvalue weighted by atomic mass is 10.1. The lowest BCUT2D eigenvalue weighted by Gasteiger charge is -2.18. The van der Waals surface area contributed by atoms with Gasteiger partial charge >= 0.3 is 12.3 Å². The molecule has 2 aliphatic rings. The summed E-state index contributed by atoms with van der Waals surface area (Å²) < 4.78 is 82.7. The standard InChI is InChI=1S/C20H18ClF3N2O6S/c21-12-4-6-14(7-5-12)33(28,29)26-15-9-30-18-16(10-31-17(15)18)32-19(27)25-13-3-1-2-11(8-13)20(22,23)24/h1-8,15-18,26H,9-10H2,(H,25,27)/t15-,16+,17+,18+/m0/s1. The van der Waals surface area contributed by atoms with E-state index >= 15 is 0 Å². The first-order valence-corrected chi connectivity index (χ1v) is 11.5. The number of halogens is 4. The van der Waals surface area contributed by atoms with Crippen molar-refractivity contribution >= 4 is 33.4 Å². The van der Waals surface area contributed by atoms with Crippen molar-refractivity contribution in [2.45, 2.75) is 35.4 Å². The van der Waals surface area contributed by atoms with Crippen LogP contribution in [0, 0.1) is 0 Å². The summed E-state index contributed by atoms with van der Waals surface area (Å²) in [4.78, 5) is 12.2. The first-order valence-electron chi connectivity index (χ1n) is 9.69. The Morgan fingerprint density at radius 3 is 2.45 bits per heavy atom. The van der Waals surface area contributed by atoms with Crippen molar-refractivity contribution in [2.75, 3.05) is 18.5 Å². The Hall–Kier alpha value is -2.38. The molecule has 33 heavy (non-hydrogen) atoms. The van der Waals surface area contributed by atoms with Crippen molar-refractivity contribution in [1.82, 2.24) is 4.72 Å². The molecule has 13 heteroatoms. The quantitative estimate of drug-likeness (QED) is 0.644. The molecule has 2 heterocycles.